The van der Waals surface area contributed by atoms with Gasteiger partial charge < -0.3 is 15.1 Å². The summed E-state index contributed by atoms with van der Waals surface area (Å²) in [5.41, 5.74) is 1.72. The number of amides is 2. The highest BCUT2D eigenvalue weighted by atomic mass is 16.2. The molecule has 0 radical (unpaired) electrons. The van der Waals surface area contributed by atoms with Gasteiger partial charge in [-0.15, -0.1) is 0 Å². The average Bonchev–Trinajstić information content (AvgIpc) is 3.23. The molecule has 1 saturated heterocycles. The van der Waals surface area contributed by atoms with Crippen molar-refractivity contribution in [2.24, 2.45) is 4.99 Å². The molecule has 0 aromatic rings. The van der Waals surface area contributed by atoms with Crippen LogP contribution in [0, 0.1) is 0 Å². The molecule has 2 aliphatic heterocycles. The summed E-state index contributed by atoms with van der Waals surface area (Å²) in [5.74, 6) is -0.115. The molecule has 0 spiro atoms. The molecule has 0 unspecified atom stereocenters. The molecule has 8 heteroatoms. The lowest BCUT2D eigenvalue weighted by Crippen LogP contribution is -2.52. The number of carbonyl (C=O) groups excluding carboxylic acids is 2. The van der Waals surface area contributed by atoms with Gasteiger partial charge in [-0.05, 0) is 45.5 Å². The molecule has 3 rings (SSSR count). The Morgan fingerprint density at radius 2 is 1.72 bits per heavy atom. The zero-order valence-corrected chi connectivity index (χ0v) is 24.6. The van der Waals surface area contributed by atoms with E-state index >= 15 is 0 Å². The van der Waals surface area contributed by atoms with Crippen LogP contribution in [0.4, 0.5) is 0 Å². The first-order valence-electron chi connectivity index (χ1n) is 14.6. The van der Waals surface area contributed by atoms with Crippen molar-refractivity contribution in [3.05, 3.63) is 60.3 Å². The number of rotatable bonds is 9. The Morgan fingerprint density at radius 3 is 2.41 bits per heavy atom. The van der Waals surface area contributed by atoms with Crippen molar-refractivity contribution < 1.29 is 9.59 Å². The van der Waals surface area contributed by atoms with Gasteiger partial charge in [-0.25, -0.2) is 0 Å². The number of allylic oxidation sites excluding steroid dienone is 6. The quantitative estimate of drug-likeness (QED) is 0.489. The number of likely N-dealkylation sites (N-methyl/N-ethyl adjacent to an activating group) is 1. The van der Waals surface area contributed by atoms with Crippen molar-refractivity contribution in [3.63, 3.8) is 0 Å². The van der Waals surface area contributed by atoms with E-state index in [2.05, 4.69) is 70.4 Å². The smallest absolute Gasteiger partial charge is 0.269 e. The van der Waals surface area contributed by atoms with E-state index in [9.17, 15) is 9.59 Å². The van der Waals surface area contributed by atoms with Crippen LogP contribution < -0.4 is 5.32 Å². The van der Waals surface area contributed by atoms with Crippen LogP contribution in [0.1, 0.15) is 33.6 Å². The van der Waals surface area contributed by atoms with E-state index in [1.165, 1.54) is 5.57 Å². The minimum Gasteiger partial charge on any atom is -0.339 e. The maximum atomic E-state index is 13.5. The molecule has 0 bridgehead atoms. The fourth-order valence-electron chi connectivity index (χ4n) is 4.47. The summed E-state index contributed by atoms with van der Waals surface area (Å²) in [5, 5.41) is 2.93. The van der Waals surface area contributed by atoms with E-state index in [-0.39, 0.29) is 18.4 Å². The standard InChI is InChI=1S/C28H41N5O2.C3H9N/c1-3-16-30-18-20-33(21-19-30)27(34)24-32(4-2)28(35)26-23-31(17-12-8-7-11-15-29-26)22-25-13-9-5-6-10-14-25;1-3-4-2/h5,7-14H,3-4,6,15-24H2,1-2H3;4H,3H2,1-2H3/b11-7-,12-8-,29-26?;. The van der Waals surface area contributed by atoms with E-state index in [1.807, 2.05) is 37.1 Å². The van der Waals surface area contributed by atoms with Crippen molar-refractivity contribution in [3.8, 4) is 0 Å². The molecule has 1 N–H and O–H groups in total. The van der Waals surface area contributed by atoms with E-state index < -0.39 is 0 Å². The fourth-order valence-corrected chi connectivity index (χ4v) is 4.47. The van der Waals surface area contributed by atoms with E-state index in [4.69, 9.17) is 0 Å². The summed E-state index contributed by atoms with van der Waals surface area (Å²) < 4.78 is 0. The third-order valence-electron chi connectivity index (χ3n) is 6.82. The Labute approximate surface area is 236 Å². The second-order valence-electron chi connectivity index (χ2n) is 9.87. The van der Waals surface area contributed by atoms with Crippen molar-refractivity contribution in [1.82, 2.24) is 24.9 Å². The molecule has 8 nitrogen and oxygen atoms in total. The second kappa shape index (κ2) is 19.3. The zero-order valence-electron chi connectivity index (χ0n) is 24.6. The minimum absolute atomic E-state index is 0.0250. The fraction of sp³-hybridized carbons (Fsp3) is 0.581. The highest BCUT2D eigenvalue weighted by Crippen LogP contribution is 2.10. The minimum atomic E-state index is -0.140. The molecule has 1 aliphatic carbocycles. The lowest BCUT2D eigenvalue weighted by molar-refractivity contribution is -0.138. The normalized spacial score (nSPS) is 20.2. The molecular formula is C31H50N6O2. The van der Waals surface area contributed by atoms with Gasteiger partial charge in [0.25, 0.3) is 5.91 Å². The molecule has 2 amide bonds. The maximum absolute atomic E-state index is 13.5. The average molecular weight is 539 g/mol. The molecule has 39 heavy (non-hydrogen) atoms. The number of nitrogens with one attached hydrogen (secondary N) is 1. The van der Waals surface area contributed by atoms with Crippen LogP contribution in [0.5, 0.6) is 0 Å². The number of nitrogens with zero attached hydrogens (tertiary/aromatic N) is 5. The molecule has 216 valence electrons. The first-order chi connectivity index (χ1) is 19.0. The van der Waals surface area contributed by atoms with Gasteiger partial charge in [0.1, 0.15) is 12.3 Å². The van der Waals surface area contributed by atoms with Crippen molar-refractivity contribution in [2.75, 3.05) is 85.6 Å². The summed E-state index contributed by atoms with van der Waals surface area (Å²) in [6.45, 7) is 14.5. The van der Waals surface area contributed by atoms with Crippen molar-refractivity contribution >= 4 is 17.5 Å². The number of hydrogen-bond acceptors (Lipinski definition) is 6. The van der Waals surface area contributed by atoms with E-state index in [1.54, 1.807) is 4.90 Å². The largest absolute Gasteiger partial charge is 0.339 e. The topological polar surface area (TPSA) is 71.5 Å². The van der Waals surface area contributed by atoms with Crippen LogP contribution in [-0.2, 0) is 9.59 Å². The Hall–Kier alpha value is -2.81. The lowest BCUT2D eigenvalue weighted by atomic mass is 10.2. The van der Waals surface area contributed by atoms with Crippen LogP contribution in [0.3, 0.4) is 0 Å². The number of hydrogen-bond donors (Lipinski definition) is 1. The Morgan fingerprint density at radius 1 is 0.974 bits per heavy atom. The maximum Gasteiger partial charge on any atom is 0.269 e. The SMILES string of the molecule is CCCN1CCN(C(=O)CN(CC)C(=O)C2=NC/C=C\C=C/CN(CC3=CC=CCC=C3)C2)CC1.CCNC. The molecule has 2 heterocycles. The molecule has 1 fully saturated rings. The van der Waals surface area contributed by atoms with E-state index in [0.717, 1.165) is 65.2 Å². The summed E-state index contributed by atoms with van der Waals surface area (Å²) in [4.78, 5) is 39.4. The van der Waals surface area contributed by atoms with E-state index in [0.29, 0.717) is 25.3 Å². The Kier molecular flexibility index (Phi) is 16.0. The van der Waals surface area contributed by atoms with Gasteiger partial charge >= 0.3 is 0 Å². The predicted octanol–water partition coefficient (Wildman–Crippen LogP) is 2.93. The van der Waals surface area contributed by atoms with Crippen LogP contribution in [0.25, 0.3) is 0 Å². The van der Waals surface area contributed by atoms with Gasteiger partial charge in [-0.3, -0.25) is 24.4 Å². The van der Waals surface area contributed by atoms with Gasteiger partial charge in [-0.2, -0.15) is 0 Å². The van der Waals surface area contributed by atoms with Gasteiger partial charge in [0, 0.05) is 52.4 Å². The van der Waals surface area contributed by atoms with Crippen LogP contribution in [0.15, 0.2) is 65.2 Å². The van der Waals surface area contributed by atoms with Crippen LogP contribution >= 0.6 is 0 Å². The molecule has 0 aromatic heterocycles. The second-order valence-corrected chi connectivity index (χ2v) is 9.87. The Bertz CT molecular complexity index is 923. The first-order valence-corrected chi connectivity index (χ1v) is 14.6. The van der Waals surface area contributed by atoms with Gasteiger partial charge in [-0.1, -0.05) is 68.5 Å². The van der Waals surface area contributed by atoms with Crippen LogP contribution in [0.2, 0.25) is 0 Å². The zero-order chi connectivity index (χ0) is 28.3. The molecule has 0 saturated carbocycles. The van der Waals surface area contributed by atoms with Gasteiger partial charge in [0.2, 0.25) is 5.91 Å². The van der Waals surface area contributed by atoms with Crippen molar-refractivity contribution in [1.29, 1.82) is 0 Å². The molecular weight excluding hydrogens is 488 g/mol. The lowest BCUT2D eigenvalue weighted by Gasteiger charge is -2.35. The number of aliphatic imine (C=N–C) groups is 1. The highest BCUT2D eigenvalue weighted by molar-refractivity contribution is 6.39. The van der Waals surface area contributed by atoms with Gasteiger partial charge in [0.05, 0.1) is 6.54 Å². The Balaban J connectivity index is 0.00000124. The molecule has 3 aliphatic rings. The predicted molar refractivity (Wildman–Crippen MR) is 163 cm³/mol. The summed E-state index contributed by atoms with van der Waals surface area (Å²) in [7, 11) is 1.93. The monoisotopic (exact) mass is 538 g/mol. The third-order valence-corrected chi connectivity index (χ3v) is 6.82. The number of piperazine rings is 1. The van der Waals surface area contributed by atoms with Gasteiger partial charge in [0.15, 0.2) is 0 Å². The summed E-state index contributed by atoms with van der Waals surface area (Å²) in [6.07, 6.45) is 20.8. The van der Waals surface area contributed by atoms with Crippen molar-refractivity contribution in [2.45, 2.75) is 33.6 Å². The van der Waals surface area contributed by atoms with Crippen LogP contribution in [-0.4, -0.2) is 123 Å². The molecule has 0 aromatic carbocycles. The number of carbonyl (C=O) groups is 2. The molecule has 0 atom stereocenters. The summed E-state index contributed by atoms with van der Waals surface area (Å²) in [6, 6.07) is 0. The summed E-state index contributed by atoms with van der Waals surface area (Å²) >= 11 is 0. The highest BCUT2D eigenvalue weighted by Gasteiger charge is 2.26. The first kappa shape index (κ1) is 32.4. The third kappa shape index (κ3) is 12.3.